The third-order valence-electron chi connectivity index (χ3n) is 2.84. The first kappa shape index (κ1) is 14.4. The molecule has 4 N–H and O–H groups in total. The monoisotopic (exact) mass is 284 g/mol. The van der Waals surface area contributed by atoms with E-state index < -0.39 is 11.7 Å². The number of halogens is 3. The van der Waals surface area contributed by atoms with Gasteiger partial charge in [0, 0.05) is 12.1 Å². The minimum atomic E-state index is -4.41. The zero-order valence-electron chi connectivity index (χ0n) is 10.7. The number of nitrogens with two attached hydrogens (primary N) is 1. The highest BCUT2D eigenvalue weighted by atomic mass is 19.4. The van der Waals surface area contributed by atoms with Gasteiger partial charge in [-0.25, -0.2) is 0 Å². The molecule has 0 unspecified atom stereocenters. The summed E-state index contributed by atoms with van der Waals surface area (Å²) >= 11 is 0. The van der Waals surface area contributed by atoms with Gasteiger partial charge < -0.3 is 11.1 Å². The maximum absolute atomic E-state index is 13.0. The Labute approximate surface area is 114 Å². The number of benzene rings is 1. The van der Waals surface area contributed by atoms with Crippen molar-refractivity contribution in [1.29, 1.82) is 0 Å². The standard InChI is InChI=1S/C13H15F3N4/c14-13(15,16)10-5-2-1-4-9(10)12-11(8-19-20-12)18-7-3-6-17/h1-2,4-5,8,18H,3,6-7,17H2,(H,19,20). The topological polar surface area (TPSA) is 66.7 Å². The lowest BCUT2D eigenvalue weighted by molar-refractivity contribution is -0.137. The van der Waals surface area contributed by atoms with Crippen LogP contribution in [0.25, 0.3) is 11.3 Å². The SMILES string of the molecule is NCCCNc1cn[nH]c1-c1ccccc1C(F)(F)F. The number of nitrogens with zero attached hydrogens (tertiary/aromatic N) is 1. The molecule has 0 fully saturated rings. The van der Waals surface area contributed by atoms with E-state index in [-0.39, 0.29) is 5.56 Å². The van der Waals surface area contributed by atoms with Crippen molar-refractivity contribution in [2.75, 3.05) is 18.4 Å². The second-order valence-electron chi connectivity index (χ2n) is 4.27. The van der Waals surface area contributed by atoms with Gasteiger partial charge in [0.1, 0.15) is 0 Å². The van der Waals surface area contributed by atoms with E-state index in [1.807, 2.05) is 0 Å². The van der Waals surface area contributed by atoms with E-state index in [2.05, 4.69) is 15.5 Å². The molecule has 0 bridgehead atoms. The van der Waals surface area contributed by atoms with Crippen molar-refractivity contribution in [1.82, 2.24) is 10.2 Å². The summed E-state index contributed by atoms with van der Waals surface area (Å²) in [4.78, 5) is 0. The number of anilines is 1. The normalized spacial score (nSPS) is 11.6. The summed E-state index contributed by atoms with van der Waals surface area (Å²) in [6.45, 7) is 1.09. The molecule has 2 rings (SSSR count). The lowest BCUT2D eigenvalue weighted by Gasteiger charge is -2.13. The van der Waals surface area contributed by atoms with Gasteiger partial charge in [0.15, 0.2) is 0 Å². The van der Waals surface area contributed by atoms with Gasteiger partial charge in [0.25, 0.3) is 0 Å². The van der Waals surface area contributed by atoms with Crippen LogP contribution in [0.4, 0.5) is 18.9 Å². The number of aromatic nitrogens is 2. The van der Waals surface area contributed by atoms with Gasteiger partial charge in [-0.15, -0.1) is 0 Å². The number of hydrogen-bond acceptors (Lipinski definition) is 3. The van der Waals surface area contributed by atoms with Crippen molar-refractivity contribution in [3.05, 3.63) is 36.0 Å². The average molecular weight is 284 g/mol. The average Bonchev–Trinajstić information content (AvgIpc) is 2.86. The van der Waals surface area contributed by atoms with E-state index in [9.17, 15) is 13.2 Å². The van der Waals surface area contributed by atoms with Gasteiger partial charge in [-0.2, -0.15) is 18.3 Å². The summed E-state index contributed by atoms with van der Waals surface area (Å²) < 4.78 is 39.0. The number of rotatable bonds is 5. The molecule has 20 heavy (non-hydrogen) atoms. The molecule has 0 spiro atoms. The molecule has 7 heteroatoms. The zero-order chi connectivity index (χ0) is 14.6. The predicted molar refractivity (Wildman–Crippen MR) is 71.2 cm³/mol. The van der Waals surface area contributed by atoms with Crippen molar-refractivity contribution in [3.8, 4) is 11.3 Å². The van der Waals surface area contributed by atoms with Crippen LogP contribution < -0.4 is 11.1 Å². The van der Waals surface area contributed by atoms with Crippen LogP contribution in [0.5, 0.6) is 0 Å². The molecule has 1 heterocycles. The van der Waals surface area contributed by atoms with Crippen molar-refractivity contribution in [3.63, 3.8) is 0 Å². The van der Waals surface area contributed by atoms with E-state index in [0.29, 0.717) is 24.5 Å². The van der Waals surface area contributed by atoms with Crippen LogP contribution in [0.15, 0.2) is 30.5 Å². The van der Waals surface area contributed by atoms with Crippen molar-refractivity contribution >= 4 is 5.69 Å². The first-order chi connectivity index (χ1) is 9.54. The summed E-state index contributed by atoms with van der Waals surface area (Å²) in [5.41, 5.74) is 5.64. The number of H-pyrrole nitrogens is 1. The Kier molecular flexibility index (Phi) is 4.29. The molecule has 0 saturated carbocycles. The zero-order valence-corrected chi connectivity index (χ0v) is 10.7. The Bertz CT molecular complexity index is 563. The molecule has 0 radical (unpaired) electrons. The van der Waals surface area contributed by atoms with Gasteiger partial charge in [0.2, 0.25) is 0 Å². The molecule has 0 amide bonds. The van der Waals surface area contributed by atoms with Gasteiger partial charge in [-0.1, -0.05) is 18.2 Å². The van der Waals surface area contributed by atoms with Crippen LogP contribution >= 0.6 is 0 Å². The fourth-order valence-corrected chi connectivity index (χ4v) is 1.90. The molecule has 0 aliphatic carbocycles. The summed E-state index contributed by atoms with van der Waals surface area (Å²) in [5.74, 6) is 0. The Hall–Kier alpha value is -2.02. The second kappa shape index (κ2) is 5.96. The fraction of sp³-hybridized carbons (Fsp3) is 0.308. The van der Waals surface area contributed by atoms with Crippen molar-refractivity contribution < 1.29 is 13.2 Å². The third-order valence-corrected chi connectivity index (χ3v) is 2.84. The first-order valence-electron chi connectivity index (χ1n) is 6.18. The predicted octanol–water partition coefficient (Wildman–Crippen LogP) is 2.86. The molecule has 0 atom stereocenters. The Morgan fingerprint density at radius 2 is 2.00 bits per heavy atom. The number of aromatic amines is 1. The van der Waals surface area contributed by atoms with Gasteiger partial charge in [0.05, 0.1) is 23.1 Å². The summed E-state index contributed by atoms with van der Waals surface area (Å²) in [6.07, 6.45) is -2.21. The maximum atomic E-state index is 13.0. The van der Waals surface area contributed by atoms with E-state index in [1.165, 1.54) is 18.3 Å². The minimum absolute atomic E-state index is 0.0766. The summed E-state index contributed by atoms with van der Waals surface area (Å²) in [6, 6.07) is 5.41. The quantitative estimate of drug-likeness (QED) is 0.740. The largest absolute Gasteiger partial charge is 0.417 e. The molecule has 0 aliphatic rings. The number of alkyl halides is 3. The Morgan fingerprint density at radius 3 is 2.70 bits per heavy atom. The van der Waals surface area contributed by atoms with E-state index in [1.54, 1.807) is 6.07 Å². The Balaban J connectivity index is 2.35. The maximum Gasteiger partial charge on any atom is 0.417 e. The molecule has 2 aromatic rings. The first-order valence-corrected chi connectivity index (χ1v) is 6.18. The molecule has 4 nitrogen and oxygen atoms in total. The van der Waals surface area contributed by atoms with Gasteiger partial charge >= 0.3 is 6.18 Å². The van der Waals surface area contributed by atoms with Crippen molar-refractivity contribution in [2.24, 2.45) is 5.73 Å². The van der Waals surface area contributed by atoms with Crippen LogP contribution in [0.3, 0.4) is 0 Å². The van der Waals surface area contributed by atoms with Crippen LogP contribution in [0.1, 0.15) is 12.0 Å². The molecule has 0 saturated heterocycles. The smallest absolute Gasteiger partial charge is 0.382 e. The van der Waals surface area contributed by atoms with E-state index in [0.717, 1.165) is 12.5 Å². The highest BCUT2D eigenvalue weighted by Gasteiger charge is 2.34. The fourth-order valence-electron chi connectivity index (χ4n) is 1.90. The highest BCUT2D eigenvalue weighted by Crippen LogP contribution is 2.38. The van der Waals surface area contributed by atoms with Crippen molar-refractivity contribution in [2.45, 2.75) is 12.6 Å². The van der Waals surface area contributed by atoms with Crippen LogP contribution in [0, 0.1) is 0 Å². The molecular formula is C13H15F3N4. The molecule has 108 valence electrons. The third kappa shape index (κ3) is 3.11. The van der Waals surface area contributed by atoms with Crippen LogP contribution in [-0.4, -0.2) is 23.3 Å². The molecule has 0 aliphatic heterocycles. The second-order valence-corrected chi connectivity index (χ2v) is 4.27. The van der Waals surface area contributed by atoms with Gasteiger partial charge in [-0.3, -0.25) is 5.10 Å². The summed E-state index contributed by atoms with van der Waals surface area (Å²) in [5, 5.41) is 9.46. The summed E-state index contributed by atoms with van der Waals surface area (Å²) in [7, 11) is 0. The lowest BCUT2D eigenvalue weighted by atomic mass is 10.0. The van der Waals surface area contributed by atoms with E-state index in [4.69, 9.17) is 5.73 Å². The van der Waals surface area contributed by atoms with Crippen LogP contribution in [-0.2, 0) is 6.18 Å². The minimum Gasteiger partial charge on any atom is -0.382 e. The lowest BCUT2D eigenvalue weighted by Crippen LogP contribution is -2.10. The van der Waals surface area contributed by atoms with E-state index >= 15 is 0 Å². The molecular weight excluding hydrogens is 269 g/mol. The van der Waals surface area contributed by atoms with Crippen LogP contribution in [0.2, 0.25) is 0 Å². The highest BCUT2D eigenvalue weighted by molar-refractivity contribution is 5.76. The molecule has 1 aromatic carbocycles. The Morgan fingerprint density at radius 1 is 1.25 bits per heavy atom. The number of hydrogen-bond donors (Lipinski definition) is 3. The molecule has 1 aromatic heterocycles. The number of nitrogens with one attached hydrogen (secondary N) is 2. The van der Waals surface area contributed by atoms with Gasteiger partial charge in [-0.05, 0) is 19.0 Å².